The highest BCUT2D eigenvalue weighted by Gasteiger charge is 2.40. The molecule has 0 bridgehead atoms. The molecule has 5 nitrogen and oxygen atoms in total. The van der Waals surface area contributed by atoms with E-state index in [9.17, 15) is 20.1 Å². The standard InChI is InChI=1S/C14H14O5/c1-19-9-6-7-11(14(17,18)8-9)13(16)10-4-2-3-5-12(10)15/h2-8,11,15,17-18H,1H3. The first kappa shape index (κ1) is 13.3. The van der Waals surface area contributed by atoms with Gasteiger partial charge in [-0.15, -0.1) is 0 Å². The normalized spacial score (nSPS) is 20.8. The van der Waals surface area contributed by atoms with Crippen LogP contribution in [0.1, 0.15) is 10.4 Å². The molecule has 1 unspecified atom stereocenters. The summed E-state index contributed by atoms with van der Waals surface area (Å²) in [7, 11) is 1.39. The predicted molar refractivity (Wildman–Crippen MR) is 67.3 cm³/mol. The van der Waals surface area contributed by atoms with Crippen LogP contribution in [0.5, 0.6) is 5.75 Å². The smallest absolute Gasteiger partial charge is 0.200 e. The summed E-state index contributed by atoms with van der Waals surface area (Å²) in [5.74, 6) is -4.06. The number of rotatable bonds is 3. The fourth-order valence-electron chi connectivity index (χ4n) is 1.94. The maximum Gasteiger partial charge on any atom is 0.200 e. The molecule has 0 aliphatic heterocycles. The molecule has 3 N–H and O–H groups in total. The van der Waals surface area contributed by atoms with Crippen LogP contribution in [0, 0.1) is 5.92 Å². The summed E-state index contributed by atoms with van der Waals surface area (Å²) in [5, 5.41) is 29.4. The van der Waals surface area contributed by atoms with E-state index < -0.39 is 17.5 Å². The van der Waals surface area contributed by atoms with Crippen molar-refractivity contribution < 1.29 is 24.9 Å². The molecule has 0 heterocycles. The van der Waals surface area contributed by atoms with Gasteiger partial charge in [0, 0.05) is 6.08 Å². The molecule has 0 aromatic heterocycles. The van der Waals surface area contributed by atoms with Gasteiger partial charge in [0.15, 0.2) is 5.78 Å². The van der Waals surface area contributed by atoms with Crippen LogP contribution in [0.25, 0.3) is 0 Å². The zero-order valence-electron chi connectivity index (χ0n) is 10.3. The van der Waals surface area contributed by atoms with E-state index in [4.69, 9.17) is 4.74 Å². The maximum atomic E-state index is 12.2. The van der Waals surface area contributed by atoms with Gasteiger partial charge in [-0.05, 0) is 18.2 Å². The Bertz CT molecular complexity index is 557. The van der Waals surface area contributed by atoms with Crippen LogP contribution in [-0.4, -0.2) is 34.0 Å². The fourth-order valence-corrected chi connectivity index (χ4v) is 1.94. The second-order valence-electron chi connectivity index (χ2n) is 4.25. The number of aliphatic hydroxyl groups is 2. The molecule has 19 heavy (non-hydrogen) atoms. The van der Waals surface area contributed by atoms with E-state index in [0.29, 0.717) is 0 Å². The average Bonchev–Trinajstić information content (AvgIpc) is 2.37. The second kappa shape index (κ2) is 4.87. The lowest BCUT2D eigenvalue weighted by Gasteiger charge is -2.28. The van der Waals surface area contributed by atoms with E-state index >= 15 is 0 Å². The molecule has 0 fully saturated rings. The van der Waals surface area contributed by atoms with Crippen molar-refractivity contribution in [2.45, 2.75) is 5.79 Å². The first-order valence-electron chi connectivity index (χ1n) is 5.67. The number of hydrogen-bond acceptors (Lipinski definition) is 5. The van der Waals surface area contributed by atoms with Crippen molar-refractivity contribution in [3.63, 3.8) is 0 Å². The third kappa shape index (κ3) is 2.52. The van der Waals surface area contributed by atoms with E-state index in [2.05, 4.69) is 0 Å². The minimum Gasteiger partial charge on any atom is -0.507 e. The van der Waals surface area contributed by atoms with Crippen molar-refractivity contribution in [1.29, 1.82) is 0 Å². The number of ketones is 1. The van der Waals surface area contributed by atoms with Crippen molar-refractivity contribution in [3.05, 3.63) is 53.8 Å². The van der Waals surface area contributed by atoms with Crippen LogP contribution in [0.2, 0.25) is 0 Å². The first-order valence-corrected chi connectivity index (χ1v) is 5.67. The van der Waals surface area contributed by atoms with Gasteiger partial charge >= 0.3 is 0 Å². The second-order valence-corrected chi connectivity index (χ2v) is 4.25. The minimum absolute atomic E-state index is 0.0406. The summed E-state index contributed by atoms with van der Waals surface area (Å²) in [4.78, 5) is 12.2. The van der Waals surface area contributed by atoms with Gasteiger partial charge in [0.1, 0.15) is 11.5 Å². The van der Waals surface area contributed by atoms with Crippen molar-refractivity contribution >= 4 is 5.78 Å². The van der Waals surface area contributed by atoms with Crippen molar-refractivity contribution in [2.75, 3.05) is 7.11 Å². The first-order chi connectivity index (χ1) is 8.95. The number of carbonyl (C=O) groups excluding carboxylic acids is 1. The van der Waals surface area contributed by atoms with Gasteiger partial charge in [-0.3, -0.25) is 4.79 Å². The van der Waals surface area contributed by atoms with Gasteiger partial charge in [-0.1, -0.05) is 18.2 Å². The van der Waals surface area contributed by atoms with Crippen LogP contribution >= 0.6 is 0 Å². The molecule has 1 aliphatic carbocycles. The summed E-state index contributed by atoms with van der Waals surface area (Å²) >= 11 is 0. The van der Waals surface area contributed by atoms with Gasteiger partial charge in [0.2, 0.25) is 5.79 Å². The molecule has 0 amide bonds. The topological polar surface area (TPSA) is 87.0 Å². The quantitative estimate of drug-likeness (QED) is 0.558. The zero-order chi connectivity index (χ0) is 14.0. The third-order valence-corrected chi connectivity index (χ3v) is 2.95. The number of phenolic OH excluding ortho intramolecular Hbond substituents is 1. The van der Waals surface area contributed by atoms with Gasteiger partial charge in [0.05, 0.1) is 18.6 Å². The number of benzene rings is 1. The maximum absolute atomic E-state index is 12.2. The molecule has 2 rings (SSSR count). The molecule has 0 saturated heterocycles. The van der Waals surface area contributed by atoms with E-state index in [1.54, 1.807) is 12.1 Å². The van der Waals surface area contributed by atoms with Gasteiger partial charge in [0.25, 0.3) is 0 Å². The number of aromatic hydroxyl groups is 1. The number of ether oxygens (including phenoxy) is 1. The Morgan fingerprint density at radius 2 is 2.00 bits per heavy atom. The molecule has 100 valence electrons. The molecule has 1 atom stereocenters. The Hall–Kier alpha value is -2.11. The van der Waals surface area contributed by atoms with Crippen LogP contribution in [0.4, 0.5) is 0 Å². The monoisotopic (exact) mass is 262 g/mol. The number of methoxy groups -OCH3 is 1. The minimum atomic E-state index is -2.35. The third-order valence-electron chi connectivity index (χ3n) is 2.95. The van der Waals surface area contributed by atoms with E-state index in [1.165, 1.54) is 31.4 Å². The highest BCUT2D eigenvalue weighted by Crippen LogP contribution is 2.30. The Morgan fingerprint density at radius 3 is 2.58 bits per heavy atom. The number of Topliss-reactive ketones (excluding diaryl/α,β-unsaturated/α-hetero) is 1. The van der Waals surface area contributed by atoms with Crippen LogP contribution in [0.3, 0.4) is 0 Å². The van der Waals surface area contributed by atoms with E-state index in [-0.39, 0.29) is 17.1 Å². The van der Waals surface area contributed by atoms with Gasteiger partial charge in [-0.2, -0.15) is 0 Å². The zero-order valence-corrected chi connectivity index (χ0v) is 10.3. The SMILES string of the molecule is COC1=CC(O)(O)C(C(=O)c2ccccc2O)C=C1. The number of phenols is 1. The largest absolute Gasteiger partial charge is 0.507 e. The van der Waals surface area contributed by atoms with Crippen molar-refractivity contribution in [1.82, 2.24) is 0 Å². The summed E-state index contributed by atoms with van der Waals surface area (Å²) < 4.78 is 4.88. The lowest BCUT2D eigenvalue weighted by Crippen LogP contribution is -2.41. The molecule has 0 spiro atoms. The van der Waals surface area contributed by atoms with Crippen LogP contribution in [0.15, 0.2) is 48.3 Å². The lowest BCUT2D eigenvalue weighted by atomic mass is 9.86. The Kier molecular flexibility index (Phi) is 3.42. The molecule has 1 aromatic carbocycles. The number of allylic oxidation sites excluding steroid dienone is 1. The summed E-state index contributed by atoms with van der Waals surface area (Å²) in [6.07, 6.45) is 3.87. The lowest BCUT2D eigenvalue weighted by molar-refractivity contribution is -0.139. The Balaban J connectivity index is 2.34. The molecule has 0 saturated carbocycles. The molecule has 0 radical (unpaired) electrons. The summed E-state index contributed by atoms with van der Waals surface area (Å²) in [6.45, 7) is 0. The van der Waals surface area contributed by atoms with E-state index in [1.807, 2.05) is 0 Å². The Morgan fingerprint density at radius 1 is 1.32 bits per heavy atom. The van der Waals surface area contributed by atoms with Gasteiger partial charge < -0.3 is 20.1 Å². The fraction of sp³-hybridized carbons (Fsp3) is 0.214. The highest BCUT2D eigenvalue weighted by atomic mass is 16.5. The number of hydrogen-bond donors (Lipinski definition) is 3. The molecular formula is C14H14O5. The highest BCUT2D eigenvalue weighted by molar-refractivity contribution is 6.02. The number of para-hydroxylation sites is 1. The Labute approximate surface area is 110 Å². The summed E-state index contributed by atoms with van der Waals surface area (Å²) in [6, 6.07) is 5.97. The molecule has 1 aliphatic rings. The summed E-state index contributed by atoms with van der Waals surface area (Å²) in [5.41, 5.74) is 0.0406. The van der Waals surface area contributed by atoms with Crippen molar-refractivity contribution in [2.24, 2.45) is 5.92 Å². The van der Waals surface area contributed by atoms with Gasteiger partial charge in [-0.25, -0.2) is 0 Å². The molecule has 5 heteroatoms. The van der Waals surface area contributed by atoms with E-state index in [0.717, 1.165) is 6.08 Å². The predicted octanol–water partition coefficient (Wildman–Crippen LogP) is 0.972. The number of carbonyl (C=O) groups is 1. The molecular weight excluding hydrogens is 248 g/mol. The molecule has 1 aromatic rings. The van der Waals surface area contributed by atoms with Crippen molar-refractivity contribution in [3.8, 4) is 5.75 Å². The van der Waals surface area contributed by atoms with Crippen LogP contribution < -0.4 is 0 Å². The average molecular weight is 262 g/mol. The van der Waals surface area contributed by atoms with Crippen LogP contribution in [-0.2, 0) is 4.74 Å².